The number of alkyl halides is 3. The second-order valence-corrected chi connectivity index (χ2v) is 4.06. The highest BCUT2D eigenvalue weighted by molar-refractivity contribution is 5.29. The molecule has 94 valence electrons. The quantitative estimate of drug-likeness (QED) is 0.817. The average molecular weight is 249 g/mol. The van der Waals surface area contributed by atoms with Crippen LogP contribution in [0.3, 0.4) is 0 Å². The molecule has 0 aliphatic carbocycles. The standard InChI is InChI=1S/C11H11F4NO/c12-9-3-6(10(16)7-4-17-5-7)1-2-8(9)11(13,14)15/h1-3,7,10H,4-5,16H2/t10-/m0/s1. The van der Waals surface area contributed by atoms with E-state index in [1.807, 2.05) is 0 Å². The lowest BCUT2D eigenvalue weighted by Crippen LogP contribution is -2.37. The van der Waals surface area contributed by atoms with Gasteiger partial charge in [0, 0.05) is 12.0 Å². The molecule has 1 saturated heterocycles. The summed E-state index contributed by atoms with van der Waals surface area (Å²) in [5.74, 6) is -1.24. The van der Waals surface area contributed by atoms with Crippen molar-refractivity contribution in [2.75, 3.05) is 13.2 Å². The number of rotatable bonds is 2. The maximum Gasteiger partial charge on any atom is 0.419 e. The Hall–Kier alpha value is -1.14. The number of benzene rings is 1. The Labute approximate surface area is 95.4 Å². The van der Waals surface area contributed by atoms with Crippen LogP contribution in [0.1, 0.15) is 17.2 Å². The predicted octanol–water partition coefficient (Wildman–Crippen LogP) is 2.49. The second-order valence-electron chi connectivity index (χ2n) is 4.06. The van der Waals surface area contributed by atoms with Crippen molar-refractivity contribution in [3.8, 4) is 0 Å². The van der Waals surface area contributed by atoms with E-state index in [4.69, 9.17) is 10.5 Å². The van der Waals surface area contributed by atoms with Crippen LogP contribution in [0, 0.1) is 11.7 Å². The van der Waals surface area contributed by atoms with E-state index in [0.29, 0.717) is 18.8 Å². The van der Waals surface area contributed by atoms with Crippen LogP contribution in [0.15, 0.2) is 18.2 Å². The van der Waals surface area contributed by atoms with Crippen molar-refractivity contribution in [3.63, 3.8) is 0 Å². The maximum absolute atomic E-state index is 13.3. The summed E-state index contributed by atoms with van der Waals surface area (Å²) in [4.78, 5) is 0. The highest BCUT2D eigenvalue weighted by atomic mass is 19.4. The van der Waals surface area contributed by atoms with Crippen molar-refractivity contribution in [2.24, 2.45) is 11.7 Å². The fraction of sp³-hybridized carbons (Fsp3) is 0.455. The van der Waals surface area contributed by atoms with Gasteiger partial charge in [-0.25, -0.2) is 4.39 Å². The summed E-state index contributed by atoms with van der Waals surface area (Å²) >= 11 is 0. The summed E-state index contributed by atoms with van der Waals surface area (Å²) in [5, 5.41) is 0. The first kappa shape index (κ1) is 12.3. The summed E-state index contributed by atoms with van der Waals surface area (Å²) in [7, 11) is 0. The van der Waals surface area contributed by atoms with Crippen LogP contribution < -0.4 is 5.73 Å². The van der Waals surface area contributed by atoms with Crippen LogP contribution in [0.4, 0.5) is 17.6 Å². The molecule has 6 heteroatoms. The van der Waals surface area contributed by atoms with E-state index in [0.717, 1.165) is 12.1 Å². The van der Waals surface area contributed by atoms with Gasteiger partial charge in [0.15, 0.2) is 0 Å². The van der Waals surface area contributed by atoms with Gasteiger partial charge in [-0.1, -0.05) is 6.07 Å². The van der Waals surface area contributed by atoms with Crippen molar-refractivity contribution in [2.45, 2.75) is 12.2 Å². The first-order valence-electron chi connectivity index (χ1n) is 5.09. The Balaban J connectivity index is 2.24. The van der Waals surface area contributed by atoms with E-state index in [1.165, 1.54) is 6.07 Å². The zero-order chi connectivity index (χ0) is 12.6. The molecule has 1 heterocycles. The minimum absolute atomic E-state index is 0.0473. The minimum Gasteiger partial charge on any atom is -0.381 e. The van der Waals surface area contributed by atoms with Gasteiger partial charge in [-0.15, -0.1) is 0 Å². The maximum atomic E-state index is 13.3. The number of ether oxygens (including phenoxy) is 1. The molecule has 0 radical (unpaired) electrons. The monoisotopic (exact) mass is 249 g/mol. The second kappa shape index (κ2) is 4.27. The fourth-order valence-corrected chi connectivity index (χ4v) is 1.70. The average Bonchev–Trinajstić information content (AvgIpc) is 2.12. The molecule has 1 aliphatic rings. The van der Waals surface area contributed by atoms with Gasteiger partial charge in [0.2, 0.25) is 0 Å². The van der Waals surface area contributed by atoms with Gasteiger partial charge >= 0.3 is 6.18 Å². The summed E-state index contributed by atoms with van der Waals surface area (Å²) in [6.45, 7) is 0.924. The Bertz CT molecular complexity index is 414. The van der Waals surface area contributed by atoms with Crippen molar-refractivity contribution in [1.82, 2.24) is 0 Å². The van der Waals surface area contributed by atoms with Gasteiger partial charge in [0.1, 0.15) is 5.82 Å². The van der Waals surface area contributed by atoms with Gasteiger partial charge in [0.05, 0.1) is 18.8 Å². The first-order chi connectivity index (χ1) is 7.89. The zero-order valence-corrected chi connectivity index (χ0v) is 8.80. The molecule has 1 aromatic rings. The Morgan fingerprint density at radius 3 is 2.35 bits per heavy atom. The largest absolute Gasteiger partial charge is 0.419 e. The molecule has 2 nitrogen and oxygen atoms in total. The molecule has 1 aliphatic heterocycles. The Kier molecular flexibility index (Phi) is 3.09. The molecule has 2 rings (SSSR count). The summed E-state index contributed by atoms with van der Waals surface area (Å²) in [6, 6.07) is 2.31. The topological polar surface area (TPSA) is 35.2 Å². The third-order valence-corrected chi connectivity index (χ3v) is 2.86. The lowest BCUT2D eigenvalue weighted by atomic mass is 9.92. The smallest absolute Gasteiger partial charge is 0.381 e. The SMILES string of the molecule is N[C@@H](c1ccc(C(F)(F)F)c(F)c1)C1COC1. The Morgan fingerprint density at radius 2 is 1.94 bits per heavy atom. The van der Waals surface area contributed by atoms with Crippen molar-refractivity contribution in [3.05, 3.63) is 35.1 Å². The molecule has 0 saturated carbocycles. The van der Waals surface area contributed by atoms with Gasteiger partial charge in [-0.3, -0.25) is 0 Å². The fourth-order valence-electron chi connectivity index (χ4n) is 1.70. The van der Waals surface area contributed by atoms with E-state index >= 15 is 0 Å². The summed E-state index contributed by atoms with van der Waals surface area (Å²) < 4.78 is 55.2. The van der Waals surface area contributed by atoms with Crippen LogP contribution in [0.2, 0.25) is 0 Å². The molecule has 0 aromatic heterocycles. The van der Waals surface area contributed by atoms with E-state index in [1.54, 1.807) is 0 Å². The van der Waals surface area contributed by atoms with Crippen molar-refractivity contribution in [1.29, 1.82) is 0 Å². The first-order valence-corrected chi connectivity index (χ1v) is 5.09. The van der Waals surface area contributed by atoms with Crippen molar-refractivity contribution < 1.29 is 22.3 Å². The number of hydrogen-bond acceptors (Lipinski definition) is 2. The summed E-state index contributed by atoms with van der Waals surface area (Å²) in [6.07, 6.45) is -4.67. The third-order valence-electron chi connectivity index (χ3n) is 2.86. The van der Waals surface area contributed by atoms with Crippen molar-refractivity contribution >= 4 is 0 Å². The van der Waals surface area contributed by atoms with E-state index < -0.39 is 23.6 Å². The molecule has 1 fully saturated rings. The number of halogens is 4. The molecule has 2 N–H and O–H groups in total. The number of nitrogens with two attached hydrogens (primary N) is 1. The van der Waals surface area contributed by atoms with Crippen LogP contribution >= 0.6 is 0 Å². The van der Waals surface area contributed by atoms with Crippen LogP contribution in [-0.2, 0) is 10.9 Å². The minimum atomic E-state index is -4.67. The molecule has 0 spiro atoms. The van der Waals surface area contributed by atoms with Crippen LogP contribution in [0.25, 0.3) is 0 Å². The molecule has 1 aromatic carbocycles. The van der Waals surface area contributed by atoms with Crippen LogP contribution in [0.5, 0.6) is 0 Å². The van der Waals surface area contributed by atoms with E-state index in [9.17, 15) is 17.6 Å². The van der Waals surface area contributed by atoms with E-state index in [-0.39, 0.29) is 5.92 Å². The highest BCUT2D eigenvalue weighted by Gasteiger charge is 2.35. The molecule has 0 bridgehead atoms. The molecule has 17 heavy (non-hydrogen) atoms. The third kappa shape index (κ3) is 2.42. The number of hydrogen-bond donors (Lipinski definition) is 1. The van der Waals surface area contributed by atoms with Crippen LogP contribution in [-0.4, -0.2) is 13.2 Å². The molecule has 1 atom stereocenters. The van der Waals surface area contributed by atoms with Gasteiger partial charge in [0.25, 0.3) is 0 Å². The van der Waals surface area contributed by atoms with Gasteiger partial charge < -0.3 is 10.5 Å². The zero-order valence-electron chi connectivity index (χ0n) is 8.80. The normalized spacial score (nSPS) is 18.9. The molecule has 0 unspecified atom stereocenters. The molecule has 0 amide bonds. The predicted molar refractivity (Wildman–Crippen MR) is 52.6 cm³/mol. The lowest BCUT2D eigenvalue weighted by molar-refractivity contribution is -0.140. The summed E-state index contributed by atoms with van der Waals surface area (Å²) in [5.41, 5.74) is 4.90. The van der Waals surface area contributed by atoms with E-state index in [2.05, 4.69) is 0 Å². The lowest BCUT2D eigenvalue weighted by Gasteiger charge is -2.31. The highest BCUT2D eigenvalue weighted by Crippen LogP contribution is 2.33. The van der Waals surface area contributed by atoms with Gasteiger partial charge in [-0.2, -0.15) is 13.2 Å². The molecular weight excluding hydrogens is 238 g/mol. The molecular formula is C11H11F4NO. The van der Waals surface area contributed by atoms with Gasteiger partial charge in [-0.05, 0) is 17.7 Å². The Morgan fingerprint density at radius 1 is 1.29 bits per heavy atom.